The van der Waals surface area contributed by atoms with Gasteiger partial charge in [0.1, 0.15) is 11.0 Å². The van der Waals surface area contributed by atoms with Crippen molar-refractivity contribution in [3.05, 3.63) is 68.9 Å². The average molecular weight is 1130 g/mol. The van der Waals surface area contributed by atoms with Crippen LogP contribution in [0.2, 0.25) is 0 Å². The largest absolute Gasteiger partial charge is 0.293 e. The van der Waals surface area contributed by atoms with Crippen molar-refractivity contribution >= 4 is 62.2 Å². The summed E-state index contributed by atoms with van der Waals surface area (Å²) in [5.41, 5.74) is 2.65. The van der Waals surface area contributed by atoms with Crippen LogP contribution in [0, 0.1) is 41.2 Å². The van der Waals surface area contributed by atoms with Crippen molar-refractivity contribution in [3.8, 4) is 40.4 Å². The SMILES string of the molecule is CCCCCCCCC(C)Cn1nc2c(-c3ccc(-c4cc5c(s4)-c4sc(C(C)(CC)CC)cc4C(CCC(C)CCCC(C)C)(CCC(C)CCCC(C)C)C5=O)s3)c(F)c(F)c(-c3ccc(C(C)(CC)CC)s3)c2n1. The molecular weight excluding hydrogens is 1030 g/mol. The number of Topliss-reactive ketones (excluding diaryl/α,β-unsaturated/α-hetero) is 1. The molecule has 1 aliphatic carbocycles. The molecule has 0 amide bonds. The molecule has 0 saturated heterocycles. The van der Waals surface area contributed by atoms with E-state index in [2.05, 4.69) is 115 Å². The first-order valence-corrected chi connectivity index (χ1v) is 33.8. The van der Waals surface area contributed by atoms with Gasteiger partial charge in [-0.1, -0.05) is 174 Å². The van der Waals surface area contributed by atoms with Crippen LogP contribution in [0.3, 0.4) is 0 Å². The van der Waals surface area contributed by atoms with Crippen LogP contribution in [0.25, 0.3) is 51.4 Å². The summed E-state index contributed by atoms with van der Waals surface area (Å²) in [5, 5.41) is 10.1. The van der Waals surface area contributed by atoms with E-state index in [0.29, 0.717) is 56.9 Å². The third-order valence-electron chi connectivity index (χ3n) is 18.5. The van der Waals surface area contributed by atoms with Crippen molar-refractivity contribution < 1.29 is 13.6 Å². The summed E-state index contributed by atoms with van der Waals surface area (Å²) < 4.78 is 34.6. The molecule has 0 saturated carbocycles. The molecule has 424 valence electrons. The molecule has 4 nitrogen and oxygen atoms in total. The monoisotopic (exact) mass is 1130 g/mol. The highest BCUT2D eigenvalue weighted by Crippen LogP contribution is 2.58. The van der Waals surface area contributed by atoms with Gasteiger partial charge >= 0.3 is 0 Å². The van der Waals surface area contributed by atoms with E-state index in [4.69, 9.17) is 10.2 Å². The molecule has 77 heavy (non-hydrogen) atoms. The Bertz CT molecular complexity index is 2820. The number of hydrogen-bond donors (Lipinski definition) is 0. The van der Waals surface area contributed by atoms with Crippen molar-refractivity contribution in [1.82, 2.24) is 15.0 Å². The van der Waals surface area contributed by atoms with Crippen LogP contribution in [0.5, 0.6) is 0 Å². The molecule has 0 aliphatic heterocycles. The van der Waals surface area contributed by atoms with Crippen LogP contribution < -0.4 is 0 Å². The van der Waals surface area contributed by atoms with Crippen molar-refractivity contribution in [2.75, 3.05) is 0 Å². The van der Waals surface area contributed by atoms with Gasteiger partial charge in [-0.2, -0.15) is 15.0 Å². The number of nitrogens with zero attached hydrogens (tertiary/aromatic N) is 3. The van der Waals surface area contributed by atoms with Crippen LogP contribution in [-0.4, -0.2) is 20.8 Å². The molecule has 1 aliphatic rings. The zero-order valence-electron chi connectivity index (χ0n) is 50.0. The second-order valence-electron chi connectivity index (χ2n) is 25.4. The van der Waals surface area contributed by atoms with Crippen LogP contribution in [-0.2, 0) is 22.8 Å². The molecule has 7 rings (SSSR count). The van der Waals surface area contributed by atoms with Crippen molar-refractivity contribution in [1.29, 1.82) is 0 Å². The highest BCUT2D eigenvalue weighted by Gasteiger charge is 2.49. The maximum Gasteiger partial charge on any atom is 0.174 e. The van der Waals surface area contributed by atoms with Gasteiger partial charge in [0.25, 0.3) is 0 Å². The first-order valence-electron chi connectivity index (χ1n) is 30.6. The average Bonchev–Trinajstić information content (AvgIpc) is 4.28. The molecule has 10 heteroatoms. The third-order valence-corrected chi connectivity index (χ3v) is 23.9. The second kappa shape index (κ2) is 27.1. The Hall–Kier alpha value is -3.05. The van der Waals surface area contributed by atoms with Crippen LogP contribution in [0.4, 0.5) is 8.78 Å². The number of ketones is 1. The molecule has 1 aromatic carbocycles. The lowest BCUT2D eigenvalue weighted by atomic mass is 9.64. The van der Waals surface area contributed by atoms with E-state index >= 15 is 13.6 Å². The van der Waals surface area contributed by atoms with E-state index < -0.39 is 17.0 Å². The Labute approximate surface area is 481 Å². The zero-order chi connectivity index (χ0) is 55.8. The quantitative estimate of drug-likeness (QED) is 0.0396. The summed E-state index contributed by atoms with van der Waals surface area (Å²) in [7, 11) is 0. The van der Waals surface area contributed by atoms with E-state index in [9.17, 15) is 0 Å². The summed E-state index contributed by atoms with van der Waals surface area (Å²) in [5.74, 6) is 1.28. The van der Waals surface area contributed by atoms with Gasteiger partial charge in [0.05, 0.1) is 28.0 Å². The number of unbranched alkanes of at least 4 members (excludes halogenated alkanes) is 5. The molecule has 6 aromatic rings. The molecule has 0 radical (unpaired) electrons. The lowest BCUT2D eigenvalue weighted by Crippen LogP contribution is -2.39. The van der Waals surface area contributed by atoms with E-state index in [1.54, 1.807) is 27.5 Å². The molecule has 5 heterocycles. The fourth-order valence-electron chi connectivity index (χ4n) is 12.0. The second-order valence-corrected chi connectivity index (χ2v) is 29.7. The maximum atomic E-state index is 17.3. The van der Waals surface area contributed by atoms with Gasteiger partial charge in [-0.05, 0) is 129 Å². The highest BCUT2D eigenvalue weighted by molar-refractivity contribution is 7.27. The number of fused-ring (bicyclic) bond motifs is 4. The minimum absolute atomic E-state index is 0.0133. The number of hydrogen-bond acceptors (Lipinski definition) is 7. The van der Waals surface area contributed by atoms with Gasteiger partial charge in [-0.25, -0.2) is 8.78 Å². The lowest BCUT2D eigenvalue weighted by Gasteiger charge is -2.38. The highest BCUT2D eigenvalue weighted by atomic mass is 32.1. The van der Waals surface area contributed by atoms with E-state index in [1.165, 1.54) is 102 Å². The molecular formula is C67H97F2N3OS4. The van der Waals surface area contributed by atoms with Crippen molar-refractivity contribution in [2.45, 2.75) is 255 Å². The maximum absolute atomic E-state index is 17.3. The van der Waals surface area contributed by atoms with Crippen LogP contribution in [0.15, 0.2) is 36.4 Å². The predicted octanol–water partition coefficient (Wildman–Crippen LogP) is 23.1. The fraction of sp³-hybridized carbons (Fsp3) is 0.657. The first-order chi connectivity index (χ1) is 36.8. The fourth-order valence-corrected chi connectivity index (χ4v) is 17.3. The van der Waals surface area contributed by atoms with Gasteiger partial charge in [-0.15, -0.1) is 45.3 Å². The van der Waals surface area contributed by atoms with Gasteiger partial charge < -0.3 is 0 Å². The minimum atomic E-state index is -0.885. The van der Waals surface area contributed by atoms with Crippen molar-refractivity contribution in [2.24, 2.45) is 29.6 Å². The minimum Gasteiger partial charge on any atom is -0.293 e. The summed E-state index contributed by atoms with van der Waals surface area (Å²) >= 11 is 6.64. The molecule has 3 unspecified atom stereocenters. The molecule has 0 bridgehead atoms. The summed E-state index contributed by atoms with van der Waals surface area (Å²) in [6.07, 6.45) is 23.5. The smallest absolute Gasteiger partial charge is 0.174 e. The Morgan fingerprint density at radius 1 is 0.532 bits per heavy atom. The van der Waals surface area contributed by atoms with E-state index in [0.717, 1.165) is 84.4 Å². The van der Waals surface area contributed by atoms with Crippen LogP contribution in [0.1, 0.15) is 257 Å². The predicted molar refractivity (Wildman–Crippen MR) is 334 cm³/mol. The number of thiophene rings is 4. The Kier molecular flexibility index (Phi) is 21.7. The van der Waals surface area contributed by atoms with Gasteiger partial charge in [0, 0.05) is 50.5 Å². The summed E-state index contributed by atoms with van der Waals surface area (Å²) in [4.78, 5) is 25.8. The Morgan fingerprint density at radius 3 is 1.60 bits per heavy atom. The Balaban J connectivity index is 1.31. The van der Waals surface area contributed by atoms with Gasteiger partial charge in [-0.3, -0.25) is 4.79 Å². The first kappa shape index (κ1) is 61.6. The molecule has 5 aromatic heterocycles. The van der Waals surface area contributed by atoms with Gasteiger partial charge in [0.15, 0.2) is 17.4 Å². The molecule has 3 atom stereocenters. The number of aromatic nitrogens is 3. The zero-order valence-corrected chi connectivity index (χ0v) is 53.3. The standard InChI is InChI=1S/C67H97F2N3OS4/c1-15-20-21-22-23-24-29-47(12)42-72-70-60-56(58(68)59(69)57(61(60)71-72)52-34-35-54(75-52)65(13,16-2)17-3)51-33-32-50(74-51)53-40-48-62(76-53)63-49(41-55(77-63)66(14,18-4)19-5)67(64(48)73,38-36-45(10)30-25-27-43(6)7)39-37-46(11)31-26-28-44(8)9/h32-35,40-41,43-47H,15-31,36-39,42H2,1-14H3. The van der Waals surface area contributed by atoms with Crippen molar-refractivity contribution in [3.63, 3.8) is 0 Å². The number of carbonyl (C=O) groups is 1. The van der Waals surface area contributed by atoms with Gasteiger partial charge in [0.2, 0.25) is 0 Å². The molecule has 0 N–H and O–H groups in total. The number of halogens is 2. The molecule has 0 spiro atoms. The molecule has 0 fully saturated rings. The third kappa shape index (κ3) is 13.8. The Morgan fingerprint density at radius 2 is 1.04 bits per heavy atom. The van der Waals surface area contributed by atoms with E-state index in [-0.39, 0.29) is 27.7 Å². The number of rotatable bonds is 32. The van der Waals surface area contributed by atoms with Crippen LogP contribution >= 0.6 is 45.3 Å². The lowest BCUT2D eigenvalue weighted by molar-refractivity contribution is 0.0846. The van der Waals surface area contributed by atoms with E-state index in [1.807, 2.05) is 29.5 Å². The number of carbonyl (C=O) groups excluding carboxylic acids is 1. The normalized spacial score (nSPS) is 16.3. The summed E-state index contributed by atoms with van der Waals surface area (Å²) in [6.45, 7) is 32.8. The topological polar surface area (TPSA) is 47.8 Å². The number of benzene rings is 1. The summed E-state index contributed by atoms with van der Waals surface area (Å²) in [6, 6.07) is 12.7.